The lowest BCUT2D eigenvalue weighted by Crippen LogP contribution is -2.39. The van der Waals surface area contributed by atoms with E-state index in [0.29, 0.717) is 6.42 Å². The average molecular weight is 297 g/mol. The SMILES string of the molecule is C=Cc1cccc(C[N+](C)(C)CCCCS(=O)(=O)[O-])c1. The van der Waals surface area contributed by atoms with E-state index in [1.807, 2.05) is 18.2 Å². The smallest absolute Gasteiger partial charge is 0.104 e. The molecule has 0 amide bonds. The number of hydrogen-bond donors (Lipinski definition) is 0. The highest BCUT2D eigenvalue weighted by Gasteiger charge is 2.15. The van der Waals surface area contributed by atoms with Gasteiger partial charge in [0.05, 0.1) is 30.8 Å². The summed E-state index contributed by atoms with van der Waals surface area (Å²) < 4.78 is 32.4. The molecule has 0 bridgehead atoms. The normalized spacial score (nSPS) is 12.3. The summed E-state index contributed by atoms with van der Waals surface area (Å²) in [6.45, 7) is 5.47. The Kier molecular flexibility index (Phi) is 5.92. The van der Waals surface area contributed by atoms with Gasteiger partial charge in [-0.3, -0.25) is 0 Å². The van der Waals surface area contributed by atoms with Crippen LogP contribution in [-0.2, 0) is 16.7 Å². The first-order chi connectivity index (χ1) is 9.22. The van der Waals surface area contributed by atoms with Crippen LogP contribution in [0.15, 0.2) is 30.8 Å². The molecule has 0 heterocycles. The van der Waals surface area contributed by atoms with E-state index in [2.05, 4.69) is 32.8 Å². The van der Waals surface area contributed by atoms with Crippen molar-refractivity contribution in [1.82, 2.24) is 0 Å². The fraction of sp³-hybridized carbons (Fsp3) is 0.467. The van der Waals surface area contributed by atoms with Crippen LogP contribution in [0.3, 0.4) is 0 Å². The Morgan fingerprint density at radius 3 is 2.60 bits per heavy atom. The lowest BCUT2D eigenvalue weighted by Gasteiger charge is -2.30. The Labute approximate surface area is 122 Å². The zero-order valence-corrected chi connectivity index (χ0v) is 13.0. The van der Waals surface area contributed by atoms with Crippen molar-refractivity contribution in [1.29, 1.82) is 0 Å². The lowest BCUT2D eigenvalue weighted by molar-refractivity contribution is -0.903. The topological polar surface area (TPSA) is 57.2 Å². The van der Waals surface area contributed by atoms with Crippen molar-refractivity contribution >= 4 is 16.2 Å². The molecule has 0 saturated heterocycles. The highest BCUT2D eigenvalue weighted by Crippen LogP contribution is 2.13. The molecule has 0 unspecified atom stereocenters. The van der Waals surface area contributed by atoms with E-state index in [1.165, 1.54) is 5.56 Å². The number of quaternary nitrogens is 1. The minimum atomic E-state index is -4.08. The summed E-state index contributed by atoms with van der Waals surface area (Å²) in [5, 5.41) is 0. The van der Waals surface area contributed by atoms with E-state index in [-0.39, 0.29) is 5.75 Å². The maximum Gasteiger partial charge on any atom is 0.104 e. The number of hydrogen-bond acceptors (Lipinski definition) is 3. The second kappa shape index (κ2) is 7.02. The van der Waals surface area contributed by atoms with Crippen LogP contribution in [0.25, 0.3) is 6.08 Å². The molecule has 0 aliphatic heterocycles. The summed E-state index contributed by atoms with van der Waals surface area (Å²) in [7, 11) is 0.129. The fourth-order valence-corrected chi connectivity index (χ4v) is 2.77. The Hall–Kier alpha value is -1.17. The quantitative estimate of drug-likeness (QED) is 0.420. The molecule has 0 atom stereocenters. The van der Waals surface area contributed by atoms with Crippen molar-refractivity contribution in [2.24, 2.45) is 0 Å². The van der Waals surface area contributed by atoms with Gasteiger partial charge in [-0.25, -0.2) is 8.42 Å². The molecule has 5 heteroatoms. The van der Waals surface area contributed by atoms with Crippen LogP contribution in [-0.4, -0.2) is 43.8 Å². The summed E-state index contributed by atoms with van der Waals surface area (Å²) in [6.07, 6.45) is 2.98. The average Bonchev–Trinajstić information content (AvgIpc) is 2.33. The third-order valence-electron chi connectivity index (χ3n) is 3.21. The lowest BCUT2D eigenvalue weighted by atomic mass is 10.1. The summed E-state index contributed by atoms with van der Waals surface area (Å²) in [4.78, 5) is 0. The van der Waals surface area contributed by atoms with Crippen molar-refractivity contribution in [3.63, 3.8) is 0 Å². The molecule has 0 saturated carbocycles. The molecule has 0 N–H and O–H groups in total. The third-order valence-corrected chi connectivity index (χ3v) is 3.99. The molecule has 20 heavy (non-hydrogen) atoms. The van der Waals surface area contributed by atoms with Gasteiger partial charge in [-0.15, -0.1) is 0 Å². The molecular formula is C15H23NO3S. The first kappa shape index (κ1) is 16.9. The largest absolute Gasteiger partial charge is 0.748 e. The molecule has 0 radical (unpaired) electrons. The van der Waals surface area contributed by atoms with Gasteiger partial charge in [0.2, 0.25) is 0 Å². The second-order valence-corrected chi connectivity index (χ2v) is 7.26. The summed E-state index contributed by atoms with van der Waals surface area (Å²) in [6, 6.07) is 8.20. The highest BCUT2D eigenvalue weighted by molar-refractivity contribution is 7.85. The number of nitrogens with zero attached hydrogens (tertiary/aromatic N) is 1. The van der Waals surface area contributed by atoms with E-state index in [1.54, 1.807) is 0 Å². The zero-order chi connectivity index (χ0) is 15.2. The van der Waals surface area contributed by atoms with E-state index in [4.69, 9.17) is 0 Å². The number of unbranched alkanes of at least 4 members (excludes halogenated alkanes) is 1. The first-order valence-corrected chi connectivity index (χ1v) is 8.26. The van der Waals surface area contributed by atoms with Crippen LogP contribution in [0.1, 0.15) is 24.0 Å². The molecule has 1 aromatic rings. The molecule has 4 nitrogen and oxygen atoms in total. The Bertz CT molecular complexity index is 550. The van der Waals surface area contributed by atoms with Gasteiger partial charge in [0.15, 0.2) is 0 Å². The van der Waals surface area contributed by atoms with Crippen LogP contribution >= 0.6 is 0 Å². The molecule has 0 aliphatic rings. The van der Waals surface area contributed by atoms with E-state index < -0.39 is 10.1 Å². The highest BCUT2D eigenvalue weighted by atomic mass is 32.2. The predicted octanol–water partition coefficient (Wildman–Crippen LogP) is 2.23. The van der Waals surface area contributed by atoms with Crippen LogP contribution in [0, 0.1) is 0 Å². The van der Waals surface area contributed by atoms with Gasteiger partial charge in [0.1, 0.15) is 6.54 Å². The standard InChI is InChI=1S/C15H23NO3S/c1-4-14-8-7-9-15(12-14)13-16(2,3)10-5-6-11-20(17,18)19/h4,7-9,12H,1,5-6,10-11,13H2,2-3H3. The fourth-order valence-electron chi connectivity index (χ4n) is 2.21. The number of rotatable bonds is 8. The Morgan fingerprint density at radius 2 is 2.00 bits per heavy atom. The first-order valence-electron chi connectivity index (χ1n) is 6.69. The van der Waals surface area contributed by atoms with Crippen LogP contribution in [0.5, 0.6) is 0 Å². The van der Waals surface area contributed by atoms with Crippen molar-refractivity contribution in [3.8, 4) is 0 Å². The van der Waals surface area contributed by atoms with Crippen molar-refractivity contribution in [3.05, 3.63) is 42.0 Å². The van der Waals surface area contributed by atoms with Gasteiger partial charge >= 0.3 is 0 Å². The van der Waals surface area contributed by atoms with Crippen LogP contribution in [0.2, 0.25) is 0 Å². The maximum absolute atomic E-state index is 10.5. The van der Waals surface area contributed by atoms with Gasteiger partial charge in [-0.2, -0.15) is 0 Å². The summed E-state index contributed by atoms with van der Waals surface area (Å²) in [5.74, 6) is -0.265. The molecule has 0 fully saturated rings. The van der Waals surface area contributed by atoms with E-state index in [9.17, 15) is 13.0 Å². The third kappa shape index (κ3) is 6.84. The monoisotopic (exact) mass is 297 g/mol. The Balaban J connectivity index is 2.50. The van der Waals surface area contributed by atoms with Gasteiger partial charge in [0, 0.05) is 11.3 Å². The van der Waals surface area contributed by atoms with Crippen molar-refractivity contribution in [2.75, 3.05) is 26.4 Å². The Morgan fingerprint density at radius 1 is 1.30 bits per heavy atom. The molecular weight excluding hydrogens is 274 g/mol. The minimum absolute atomic E-state index is 0.265. The van der Waals surface area contributed by atoms with E-state index >= 15 is 0 Å². The maximum atomic E-state index is 10.5. The van der Waals surface area contributed by atoms with Crippen molar-refractivity contribution in [2.45, 2.75) is 19.4 Å². The molecule has 0 aliphatic carbocycles. The van der Waals surface area contributed by atoms with Gasteiger partial charge in [-0.05, 0) is 24.5 Å². The second-order valence-electron chi connectivity index (χ2n) is 5.74. The van der Waals surface area contributed by atoms with Crippen molar-refractivity contribution < 1.29 is 17.5 Å². The molecule has 0 spiro atoms. The van der Waals surface area contributed by atoms with Gasteiger partial charge < -0.3 is 9.04 Å². The molecule has 112 valence electrons. The van der Waals surface area contributed by atoms with Gasteiger partial charge in [0.25, 0.3) is 0 Å². The van der Waals surface area contributed by atoms with Crippen LogP contribution < -0.4 is 0 Å². The number of benzene rings is 1. The van der Waals surface area contributed by atoms with E-state index in [0.717, 1.165) is 29.6 Å². The van der Waals surface area contributed by atoms with Gasteiger partial charge in [-0.1, -0.05) is 30.9 Å². The summed E-state index contributed by atoms with van der Waals surface area (Å²) >= 11 is 0. The minimum Gasteiger partial charge on any atom is -0.748 e. The molecule has 1 rings (SSSR count). The van der Waals surface area contributed by atoms with Crippen LogP contribution in [0.4, 0.5) is 0 Å². The molecule has 0 aromatic heterocycles. The predicted molar refractivity (Wildman–Crippen MR) is 81.0 cm³/mol. The summed E-state index contributed by atoms with van der Waals surface area (Å²) in [5.41, 5.74) is 2.32. The molecule has 1 aromatic carbocycles. The zero-order valence-electron chi connectivity index (χ0n) is 12.2.